The van der Waals surface area contributed by atoms with Crippen LogP contribution in [0.25, 0.3) is 10.9 Å². The van der Waals surface area contributed by atoms with Gasteiger partial charge in [-0.1, -0.05) is 6.08 Å². The third-order valence-corrected chi connectivity index (χ3v) is 5.08. The van der Waals surface area contributed by atoms with Crippen LogP contribution in [0.4, 0.5) is 4.79 Å². The second kappa shape index (κ2) is 8.39. The Bertz CT molecular complexity index is 1040. The third kappa shape index (κ3) is 3.84. The number of methoxy groups -OCH3 is 1. The van der Waals surface area contributed by atoms with Crippen LogP contribution in [0.1, 0.15) is 16.8 Å². The van der Waals surface area contributed by atoms with Crippen molar-refractivity contribution >= 4 is 35.1 Å². The fourth-order valence-electron chi connectivity index (χ4n) is 3.30. The van der Waals surface area contributed by atoms with Gasteiger partial charge < -0.3 is 19.5 Å². The first-order valence-corrected chi connectivity index (χ1v) is 9.37. The summed E-state index contributed by atoms with van der Waals surface area (Å²) in [7, 11) is 1.35. The molecule has 1 saturated heterocycles. The van der Waals surface area contributed by atoms with Gasteiger partial charge in [0, 0.05) is 38.3 Å². The Balaban J connectivity index is 1.87. The molecule has 28 heavy (non-hydrogen) atoms. The Kier molecular flexibility index (Phi) is 5.93. The van der Waals surface area contributed by atoms with Gasteiger partial charge in [-0.05, 0) is 36.8 Å². The van der Waals surface area contributed by atoms with Crippen LogP contribution in [0.5, 0.6) is 0 Å². The lowest BCUT2D eigenvalue weighted by atomic mass is 10.1. The maximum absolute atomic E-state index is 12.9. The highest BCUT2D eigenvalue weighted by Crippen LogP contribution is 2.15. The van der Waals surface area contributed by atoms with E-state index in [0.717, 1.165) is 0 Å². The lowest BCUT2D eigenvalue weighted by molar-refractivity contribution is 0.0757. The average molecular weight is 402 g/mol. The zero-order chi connectivity index (χ0) is 20.3. The molecule has 1 fully saturated rings. The molecule has 0 spiro atoms. The molecule has 9 heteroatoms. The van der Waals surface area contributed by atoms with Gasteiger partial charge in [-0.3, -0.25) is 14.2 Å². The molecular formula is C19H22N4O4S. The van der Waals surface area contributed by atoms with Crippen molar-refractivity contribution in [3.05, 3.63) is 51.5 Å². The second-order valence-corrected chi connectivity index (χ2v) is 6.88. The second-order valence-electron chi connectivity index (χ2n) is 6.50. The van der Waals surface area contributed by atoms with Gasteiger partial charge in [0.1, 0.15) is 0 Å². The summed E-state index contributed by atoms with van der Waals surface area (Å²) >= 11 is 5.25. The smallest absolute Gasteiger partial charge is 0.409 e. The molecule has 1 aliphatic rings. The first-order valence-electron chi connectivity index (χ1n) is 8.96. The molecule has 3 rings (SSSR count). The average Bonchev–Trinajstić information content (AvgIpc) is 2.95. The first kappa shape index (κ1) is 19.8. The molecular weight excluding hydrogens is 380 g/mol. The van der Waals surface area contributed by atoms with Crippen LogP contribution in [0.2, 0.25) is 0 Å². The van der Waals surface area contributed by atoms with Gasteiger partial charge >= 0.3 is 6.09 Å². The number of benzene rings is 1. The van der Waals surface area contributed by atoms with Crippen LogP contribution in [0.15, 0.2) is 35.6 Å². The largest absolute Gasteiger partial charge is 0.453 e. The molecule has 1 aromatic heterocycles. The lowest BCUT2D eigenvalue weighted by Gasteiger charge is -2.21. The maximum Gasteiger partial charge on any atom is 0.409 e. The number of hydrogen-bond donors (Lipinski definition) is 1. The van der Waals surface area contributed by atoms with Gasteiger partial charge in [-0.15, -0.1) is 6.58 Å². The topological polar surface area (TPSA) is 87.6 Å². The van der Waals surface area contributed by atoms with Crippen LogP contribution in [0.3, 0.4) is 0 Å². The normalized spacial score (nSPS) is 14.6. The highest BCUT2D eigenvalue weighted by atomic mass is 32.1. The number of hydrogen-bond acceptors (Lipinski definition) is 5. The number of aromatic amines is 1. The number of H-pyrrole nitrogens is 1. The minimum atomic E-state index is -0.386. The fraction of sp³-hybridized carbons (Fsp3) is 0.368. The molecule has 0 aliphatic carbocycles. The molecule has 8 nitrogen and oxygen atoms in total. The van der Waals surface area contributed by atoms with Gasteiger partial charge in [-0.25, -0.2) is 4.79 Å². The van der Waals surface area contributed by atoms with E-state index in [2.05, 4.69) is 11.6 Å². The standard InChI is InChI=1S/C19H22N4O4S/c1-3-7-23-17(25)14-6-5-13(12-15(14)20-18(23)28)16(24)21-8-4-9-22(11-10-21)19(26)27-2/h3,5-6,12H,1,4,7-11H2,2H3,(H,20,28). The summed E-state index contributed by atoms with van der Waals surface area (Å²) in [5.74, 6) is -0.150. The number of aromatic nitrogens is 2. The van der Waals surface area contributed by atoms with Crippen molar-refractivity contribution in [2.45, 2.75) is 13.0 Å². The van der Waals surface area contributed by atoms with E-state index in [0.29, 0.717) is 55.6 Å². The zero-order valence-corrected chi connectivity index (χ0v) is 16.5. The number of carbonyl (C=O) groups excluding carboxylic acids is 2. The molecule has 0 saturated carbocycles. The number of nitrogens with zero attached hydrogens (tertiary/aromatic N) is 3. The summed E-state index contributed by atoms with van der Waals surface area (Å²) in [5, 5.41) is 0.458. The van der Waals surface area contributed by atoms with Crippen molar-refractivity contribution < 1.29 is 14.3 Å². The molecule has 0 radical (unpaired) electrons. The van der Waals surface area contributed by atoms with E-state index in [-0.39, 0.29) is 22.3 Å². The molecule has 2 amide bonds. The number of carbonyl (C=O) groups is 2. The fourth-order valence-corrected chi connectivity index (χ4v) is 3.56. The van der Waals surface area contributed by atoms with Crippen LogP contribution in [0, 0.1) is 4.77 Å². The van der Waals surface area contributed by atoms with Crippen LogP contribution in [-0.2, 0) is 11.3 Å². The Hall–Kier alpha value is -2.94. The van der Waals surface area contributed by atoms with Gasteiger partial charge in [0.2, 0.25) is 0 Å². The Labute approximate surface area is 167 Å². The minimum Gasteiger partial charge on any atom is -0.453 e. The lowest BCUT2D eigenvalue weighted by Crippen LogP contribution is -2.37. The number of rotatable bonds is 3. The number of fused-ring (bicyclic) bond motifs is 1. The Morgan fingerprint density at radius 3 is 2.68 bits per heavy atom. The summed E-state index contributed by atoms with van der Waals surface area (Å²) in [5.41, 5.74) is 0.763. The predicted octanol–water partition coefficient (Wildman–Crippen LogP) is 2.16. The SMILES string of the molecule is C=CCn1c(=S)[nH]c2cc(C(=O)N3CCCN(C(=O)OC)CC3)ccc2c1=O. The molecule has 2 aromatic rings. The van der Waals surface area contributed by atoms with Gasteiger partial charge in [0.15, 0.2) is 4.77 Å². The molecule has 1 aromatic carbocycles. The monoisotopic (exact) mass is 402 g/mol. The molecule has 1 N–H and O–H groups in total. The number of allylic oxidation sites excluding steroid dienone is 1. The van der Waals surface area contributed by atoms with E-state index in [1.807, 2.05) is 0 Å². The van der Waals surface area contributed by atoms with Gasteiger partial charge in [0.25, 0.3) is 11.5 Å². The highest BCUT2D eigenvalue weighted by Gasteiger charge is 2.23. The van der Waals surface area contributed by atoms with E-state index < -0.39 is 0 Å². The van der Waals surface area contributed by atoms with Crippen LogP contribution < -0.4 is 5.56 Å². The van der Waals surface area contributed by atoms with Crippen LogP contribution in [-0.4, -0.2) is 64.6 Å². The molecule has 1 aliphatic heterocycles. The number of ether oxygens (including phenoxy) is 1. The summed E-state index contributed by atoms with van der Waals surface area (Å²) in [4.78, 5) is 43.5. The van der Waals surface area contributed by atoms with Crippen molar-refractivity contribution in [1.29, 1.82) is 0 Å². The van der Waals surface area contributed by atoms with E-state index in [1.54, 1.807) is 34.1 Å². The van der Waals surface area contributed by atoms with Crippen molar-refractivity contribution in [3.63, 3.8) is 0 Å². The van der Waals surface area contributed by atoms with E-state index in [1.165, 1.54) is 11.7 Å². The van der Waals surface area contributed by atoms with E-state index in [4.69, 9.17) is 17.0 Å². The van der Waals surface area contributed by atoms with E-state index >= 15 is 0 Å². The number of amides is 2. The summed E-state index contributed by atoms with van der Waals surface area (Å²) in [6.07, 6.45) is 1.89. The molecule has 148 valence electrons. The maximum atomic E-state index is 12.9. The highest BCUT2D eigenvalue weighted by molar-refractivity contribution is 7.71. The number of nitrogens with one attached hydrogen (secondary N) is 1. The van der Waals surface area contributed by atoms with Crippen molar-refractivity contribution in [2.75, 3.05) is 33.3 Å². The first-order chi connectivity index (χ1) is 13.5. The predicted molar refractivity (Wildman–Crippen MR) is 108 cm³/mol. The summed E-state index contributed by atoms with van der Waals surface area (Å²) < 4.78 is 6.46. The Morgan fingerprint density at radius 1 is 1.25 bits per heavy atom. The van der Waals surface area contributed by atoms with Crippen molar-refractivity contribution in [2.24, 2.45) is 0 Å². The van der Waals surface area contributed by atoms with Crippen LogP contribution >= 0.6 is 12.2 Å². The molecule has 2 heterocycles. The van der Waals surface area contributed by atoms with Gasteiger partial charge in [-0.2, -0.15) is 0 Å². The van der Waals surface area contributed by atoms with E-state index in [9.17, 15) is 14.4 Å². The molecule has 0 unspecified atom stereocenters. The quantitative estimate of drug-likeness (QED) is 0.628. The molecule has 0 atom stereocenters. The Morgan fingerprint density at radius 2 is 1.96 bits per heavy atom. The summed E-state index contributed by atoms with van der Waals surface area (Å²) in [6.45, 7) is 5.87. The zero-order valence-electron chi connectivity index (χ0n) is 15.6. The third-order valence-electron chi connectivity index (χ3n) is 4.76. The van der Waals surface area contributed by atoms with Crippen molar-refractivity contribution in [1.82, 2.24) is 19.4 Å². The molecule has 0 bridgehead atoms. The van der Waals surface area contributed by atoms with Crippen molar-refractivity contribution in [3.8, 4) is 0 Å². The summed E-state index contributed by atoms with van der Waals surface area (Å²) in [6, 6.07) is 4.93. The van der Waals surface area contributed by atoms with Gasteiger partial charge in [0.05, 0.1) is 18.0 Å². The minimum absolute atomic E-state index is 0.150.